The first-order valence-electron chi connectivity index (χ1n) is 9.03. The fourth-order valence-electron chi connectivity index (χ4n) is 3.41. The van der Waals surface area contributed by atoms with E-state index >= 15 is 0 Å². The molecule has 27 heavy (non-hydrogen) atoms. The minimum absolute atomic E-state index is 0.311. The van der Waals surface area contributed by atoms with E-state index < -0.39 is 0 Å². The lowest BCUT2D eigenvalue weighted by molar-refractivity contribution is 0.0382. The van der Waals surface area contributed by atoms with Crippen LogP contribution in [0.2, 0.25) is 0 Å². The Hall–Kier alpha value is -2.42. The molecule has 0 aromatic carbocycles. The Morgan fingerprint density at radius 3 is 2.85 bits per heavy atom. The second-order valence-corrected chi connectivity index (χ2v) is 7.09. The van der Waals surface area contributed by atoms with E-state index in [2.05, 4.69) is 9.88 Å². The zero-order valence-corrected chi connectivity index (χ0v) is 16.1. The topological polar surface area (TPSA) is 81.6 Å². The van der Waals surface area contributed by atoms with Gasteiger partial charge in [0.1, 0.15) is 4.99 Å². The van der Waals surface area contributed by atoms with Crippen LogP contribution in [0.15, 0.2) is 30.6 Å². The molecule has 1 aliphatic rings. The van der Waals surface area contributed by atoms with Crippen LogP contribution in [0, 0.1) is 6.92 Å². The van der Waals surface area contributed by atoms with Crippen LogP contribution in [0.1, 0.15) is 17.1 Å². The van der Waals surface area contributed by atoms with Crippen molar-refractivity contribution in [3.63, 3.8) is 0 Å². The van der Waals surface area contributed by atoms with E-state index in [0.29, 0.717) is 10.6 Å². The minimum Gasteiger partial charge on any atom is -0.389 e. The van der Waals surface area contributed by atoms with E-state index in [1.807, 2.05) is 35.8 Å². The van der Waals surface area contributed by atoms with Crippen LogP contribution in [-0.2, 0) is 11.2 Å². The van der Waals surface area contributed by atoms with Gasteiger partial charge in [-0.2, -0.15) is 5.10 Å². The summed E-state index contributed by atoms with van der Waals surface area (Å²) in [4.78, 5) is 11.7. The number of fused-ring (bicyclic) bond motifs is 1. The molecule has 4 heterocycles. The molecule has 3 aromatic rings. The molecule has 4 rings (SSSR count). The first-order valence-corrected chi connectivity index (χ1v) is 9.44. The van der Waals surface area contributed by atoms with E-state index in [9.17, 15) is 0 Å². The molecule has 2 N–H and O–H groups in total. The Balaban J connectivity index is 1.72. The van der Waals surface area contributed by atoms with Gasteiger partial charge < -0.3 is 10.5 Å². The highest BCUT2D eigenvalue weighted by Crippen LogP contribution is 2.27. The second-order valence-electron chi connectivity index (χ2n) is 6.65. The summed E-state index contributed by atoms with van der Waals surface area (Å²) in [5, 5.41) is 4.69. The number of pyridine rings is 2. The van der Waals surface area contributed by atoms with Crippen LogP contribution in [0.25, 0.3) is 16.8 Å². The molecule has 3 aromatic heterocycles. The number of hydrogen-bond donors (Lipinski definition) is 1. The van der Waals surface area contributed by atoms with Gasteiger partial charge in [-0.05, 0) is 24.6 Å². The molecule has 1 saturated heterocycles. The van der Waals surface area contributed by atoms with Crippen molar-refractivity contribution >= 4 is 22.9 Å². The van der Waals surface area contributed by atoms with Crippen molar-refractivity contribution in [2.75, 3.05) is 32.8 Å². The van der Waals surface area contributed by atoms with E-state index in [4.69, 9.17) is 32.8 Å². The van der Waals surface area contributed by atoms with Gasteiger partial charge in [-0.25, -0.2) is 9.50 Å². The van der Waals surface area contributed by atoms with Gasteiger partial charge in [-0.3, -0.25) is 9.88 Å². The first kappa shape index (κ1) is 18.0. The number of aryl methyl sites for hydroxylation is 1. The third kappa shape index (κ3) is 3.69. The highest BCUT2D eigenvalue weighted by atomic mass is 32.1. The lowest BCUT2D eigenvalue weighted by Gasteiger charge is -2.25. The van der Waals surface area contributed by atoms with Gasteiger partial charge in [0, 0.05) is 49.7 Å². The van der Waals surface area contributed by atoms with Crippen LogP contribution >= 0.6 is 12.2 Å². The normalized spacial score (nSPS) is 15.3. The summed E-state index contributed by atoms with van der Waals surface area (Å²) < 4.78 is 7.24. The Bertz CT molecular complexity index is 965. The summed E-state index contributed by atoms with van der Waals surface area (Å²) in [5.41, 5.74) is 10.4. The Morgan fingerprint density at radius 1 is 1.33 bits per heavy atom. The van der Waals surface area contributed by atoms with Gasteiger partial charge in [0.25, 0.3) is 0 Å². The molecule has 0 unspecified atom stereocenters. The number of aromatic nitrogens is 4. The van der Waals surface area contributed by atoms with Crippen molar-refractivity contribution in [1.82, 2.24) is 24.5 Å². The molecule has 0 saturated carbocycles. The number of rotatable bonds is 5. The van der Waals surface area contributed by atoms with Gasteiger partial charge in [0.05, 0.1) is 18.8 Å². The summed E-state index contributed by atoms with van der Waals surface area (Å²) in [5.74, 6) is 0.797. The van der Waals surface area contributed by atoms with Crippen molar-refractivity contribution < 1.29 is 4.74 Å². The molecule has 8 heteroatoms. The minimum atomic E-state index is 0.311. The maximum atomic E-state index is 6.08. The van der Waals surface area contributed by atoms with Crippen LogP contribution < -0.4 is 5.73 Å². The molecular formula is C19H22N6OS. The quantitative estimate of drug-likeness (QED) is 0.671. The van der Waals surface area contributed by atoms with Crippen molar-refractivity contribution in [3.05, 3.63) is 47.7 Å². The molecule has 0 amide bonds. The summed E-state index contributed by atoms with van der Waals surface area (Å²) in [7, 11) is 0. The lowest BCUT2D eigenvalue weighted by Crippen LogP contribution is -2.37. The first-order chi connectivity index (χ1) is 13.1. The monoisotopic (exact) mass is 382 g/mol. The van der Waals surface area contributed by atoms with E-state index in [-0.39, 0.29) is 0 Å². The third-order valence-corrected chi connectivity index (χ3v) is 5.01. The number of hydrogen-bond acceptors (Lipinski definition) is 6. The summed E-state index contributed by atoms with van der Waals surface area (Å²) in [6, 6.07) is 5.94. The summed E-state index contributed by atoms with van der Waals surface area (Å²) >= 11 is 5.35. The largest absolute Gasteiger partial charge is 0.389 e. The molecule has 0 radical (unpaired) electrons. The molecule has 0 spiro atoms. The van der Waals surface area contributed by atoms with Crippen molar-refractivity contribution in [3.8, 4) is 11.1 Å². The standard InChI is InChI=1S/C19H22N6OS/c1-13-11-15(14-3-2-5-21-12-14)17(18(20)27)19-22-16(23-25(13)19)4-6-24-7-9-26-10-8-24/h2-3,5,11-12H,4,6-10H2,1H3,(H2,20,27). The molecule has 140 valence electrons. The highest BCUT2D eigenvalue weighted by Gasteiger charge is 2.19. The van der Waals surface area contributed by atoms with E-state index in [1.165, 1.54) is 0 Å². The van der Waals surface area contributed by atoms with Crippen molar-refractivity contribution in [1.29, 1.82) is 0 Å². The zero-order valence-electron chi connectivity index (χ0n) is 15.3. The van der Waals surface area contributed by atoms with Crippen LogP contribution in [0.4, 0.5) is 0 Å². The Morgan fingerprint density at radius 2 is 2.15 bits per heavy atom. The molecular weight excluding hydrogens is 360 g/mol. The average molecular weight is 382 g/mol. The zero-order chi connectivity index (χ0) is 18.8. The highest BCUT2D eigenvalue weighted by molar-refractivity contribution is 7.80. The van der Waals surface area contributed by atoms with Gasteiger partial charge >= 0.3 is 0 Å². The molecule has 0 bridgehead atoms. The Labute approximate surface area is 163 Å². The third-order valence-electron chi connectivity index (χ3n) is 4.81. The van der Waals surface area contributed by atoms with E-state index in [1.54, 1.807) is 6.20 Å². The SMILES string of the molecule is Cc1cc(-c2cccnc2)c(C(N)=S)c2nc(CCN3CCOCC3)nn12. The van der Waals surface area contributed by atoms with Crippen LogP contribution in [0.3, 0.4) is 0 Å². The van der Waals surface area contributed by atoms with Crippen molar-refractivity contribution in [2.24, 2.45) is 5.73 Å². The fourth-order valence-corrected chi connectivity index (χ4v) is 3.61. The average Bonchev–Trinajstić information content (AvgIpc) is 3.12. The van der Waals surface area contributed by atoms with Gasteiger partial charge in [-0.1, -0.05) is 18.3 Å². The maximum absolute atomic E-state index is 6.08. The summed E-state index contributed by atoms with van der Waals surface area (Å²) in [6.45, 7) is 6.41. The summed E-state index contributed by atoms with van der Waals surface area (Å²) in [6.07, 6.45) is 4.33. The Kier molecular flexibility index (Phi) is 5.11. The fraction of sp³-hybridized carbons (Fsp3) is 0.368. The van der Waals surface area contributed by atoms with Crippen molar-refractivity contribution in [2.45, 2.75) is 13.3 Å². The number of nitrogens with two attached hydrogens (primary N) is 1. The number of thiocarbonyl (C=S) groups is 1. The van der Waals surface area contributed by atoms with Crippen LogP contribution in [-0.4, -0.2) is 62.3 Å². The maximum Gasteiger partial charge on any atom is 0.166 e. The lowest BCUT2D eigenvalue weighted by atomic mass is 10.0. The molecule has 1 fully saturated rings. The molecule has 0 aliphatic carbocycles. The predicted octanol–water partition coefficient (Wildman–Crippen LogP) is 1.61. The predicted molar refractivity (Wildman–Crippen MR) is 108 cm³/mol. The number of ether oxygens (including phenoxy) is 1. The number of nitrogens with zero attached hydrogens (tertiary/aromatic N) is 5. The second kappa shape index (κ2) is 7.67. The molecule has 0 atom stereocenters. The number of morpholine rings is 1. The smallest absolute Gasteiger partial charge is 0.166 e. The molecule has 1 aliphatic heterocycles. The van der Waals surface area contributed by atoms with E-state index in [0.717, 1.165) is 67.5 Å². The van der Waals surface area contributed by atoms with Gasteiger partial charge in [-0.15, -0.1) is 0 Å². The van der Waals surface area contributed by atoms with Gasteiger partial charge in [0.15, 0.2) is 11.5 Å². The van der Waals surface area contributed by atoms with Crippen LogP contribution in [0.5, 0.6) is 0 Å². The molecule has 7 nitrogen and oxygen atoms in total. The van der Waals surface area contributed by atoms with Gasteiger partial charge in [0.2, 0.25) is 0 Å².